The van der Waals surface area contributed by atoms with Crippen molar-refractivity contribution in [2.45, 2.75) is 46.0 Å². The second-order valence-electron chi connectivity index (χ2n) is 7.77. The molecule has 2 rings (SSSR count). The molecule has 0 aromatic heterocycles. The average Bonchev–Trinajstić information content (AvgIpc) is 2.69. The van der Waals surface area contributed by atoms with Gasteiger partial charge in [-0.1, -0.05) is 44.2 Å². The van der Waals surface area contributed by atoms with Gasteiger partial charge < -0.3 is 15.5 Å². The first kappa shape index (κ1) is 20.4. The first-order valence-corrected chi connectivity index (χ1v) is 9.66. The van der Waals surface area contributed by atoms with Crippen LogP contribution < -0.4 is 5.73 Å². The van der Waals surface area contributed by atoms with Crippen molar-refractivity contribution >= 4 is 11.8 Å². The molecule has 0 bridgehead atoms. The number of benzene rings is 1. The first-order chi connectivity index (χ1) is 12.3. The molecule has 1 heterocycles. The molecule has 0 unspecified atom stereocenters. The van der Waals surface area contributed by atoms with Crippen LogP contribution in [0, 0.1) is 5.41 Å². The summed E-state index contributed by atoms with van der Waals surface area (Å²) < 4.78 is 0. The summed E-state index contributed by atoms with van der Waals surface area (Å²) in [5.41, 5.74) is 5.91. The van der Waals surface area contributed by atoms with E-state index in [-0.39, 0.29) is 11.8 Å². The van der Waals surface area contributed by atoms with E-state index in [1.165, 1.54) is 0 Å². The van der Waals surface area contributed by atoms with Crippen LogP contribution in [-0.4, -0.2) is 54.3 Å². The fraction of sp³-hybridized carbons (Fsp3) is 0.619. The van der Waals surface area contributed by atoms with Crippen LogP contribution in [0.4, 0.5) is 0 Å². The minimum atomic E-state index is -0.568. The van der Waals surface area contributed by atoms with E-state index in [1.807, 2.05) is 67.8 Å². The number of piperazine rings is 1. The Bertz CT molecular complexity index is 607. The summed E-state index contributed by atoms with van der Waals surface area (Å²) >= 11 is 0. The molecule has 2 amide bonds. The van der Waals surface area contributed by atoms with Crippen LogP contribution in [0.2, 0.25) is 0 Å². The van der Waals surface area contributed by atoms with Gasteiger partial charge in [0.15, 0.2) is 0 Å². The van der Waals surface area contributed by atoms with Crippen LogP contribution in [0.3, 0.4) is 0 Å². The molecule has 1 aromatic rings. The fourth-order valence-corrected chi connectivity index (χ4v) is 3.75. The number of carbonyl (C=O) groups excluding carboxylic acids is 2. The lowest BCUT2D eigenvalue weighted by Crippen LogP contribution is -2.57. The van der Waals surface area contributed by atoms with E-state index in [0.717, 1.165) is 18.4 Å². The maximum Gasteiger partial charge on any atom is 0.232 e. The Hall–Kier alpha value is -1.88. The van der Waals surface area contributed by atoms with E-state index in [2.05, 4.69) is 0 Å². The van der Waals surface area contributed by atoms with Gasteiger partial charge in [0.1, 0.15) is 0 Å². The van der Waals surface area contributed by atoms with Crippen molar-refractivity contribution in [3.63, 3.8) is 0 Å². The number of carbonyl (C=O) groups is 2. The predicted molar refractivity (Wildman–Crippen MR) is 105 cm³/mol. The molecule has 0 spiro atoms. The second kappa shape index (κ2) is 8.21. The monoisotopic (exact) mass is 359 g/mol. The highest BCUT2D eigenvalue weighted by atomic mass is 16.2. The Morgan fingerprint density at radius 3 is 1.81 bits per heavy atom. The summed E-state index contributed by atoms with van der Waals surface area (Å²) in [6, 6.07) is 9.87. The van der Waals surface area contributed by atoms with Gasteiger partial charge in [-0.15, -0.1) is 0 Å². The Morgan fingerprint density at radius 1 is 0.923 bits per heavy atom. The Morgan fingerprint density at radius 2 is 1.38 bits per heavy atom. The molecular weight excluding hydrogens is 326 g/mol. The molecule has 5 heteroatoms. The number of nitrogens with zero attached hydrogens (tertiary/aromatic N) is 2. The molecule has 2 N–H and O–H groups in total. The zero-order chi connectivity index (χ0) is 19.4. The van der Waals surface area contributed by atoms with Crippen molar-refractivity contribution < 1.29 is 9.59 Å². The third-order valence-corrected chi connectivity index (χ3v) is 6.08. The fourth-order valence-electron chi connectivity index (χ4n) is 3.75. The van der Waals surface area contributed by atoms with E-state index in [9.17, 15) is 9.59 Å². The lowest BCUT2D eigenvalue weighted by atomic mass is 9.80. The molecule has 0 aliphatic carbocycles. The molecule has 5 nitrogen and oxygen atoms in total. The maximum absolute atomic E-state index is 13.1. The molecule has 1 aliphatic rings. The van der Waals surface area contributed by atoms with E-state index in [1.54, 1.807) is 0 Å². The highest BCUT2D eigenvalue weighted by Crippen LogP contribution is 2.29. The van der Waals surface area contributed by atoms with Gasteiger partial charge in [-0.25, -0.2) is 0 Å². The first-order valence-electron chi connectivity index (χ1n) is 9.66. The van der Waals surface area contributed by atoms with Crippen molar-refractivity contribution in [2.75, 3.05) is 32.7 Å². The van der Waals surface area contributed by atoms with E-state index < -0.39 is 10.8 Å². The lowest BCUT2D eigenvalue weighted by molar-refractivity contribution is -0.148. The topological polar surface area (TPSA) is 66.6 Å². The summed E-state index contributed by atoms with van der Waals surface area (Å²) in [5.74, 6) is 0.256. The third-order valence-electron chi connectivity index (χ3n) is 6.08. The van der Waals surface area contributed by atoms with Crippen molar-refractivity contribution in [3.8, 4) is 0 Å². The van der Waals surface area contributed by atoms with Crippen molar-refractivity contribution in [1.29, 1.82) is 0 Å². The number of hydrogen-bond donors (Lipinski definition) is 1. The van der Waals surface area contributed by atoms with Crippen LogP contribution in [-0.2, 0) is 15.0 Å². The van der Waals surface area contributed by atoms with Crippen LogP contribution in [0.15, 0.2) is 30.3 Å². The highest BCUT2D eigenvalue weighted by Gasteiger charge is 2.40. The maximum atomic E-state index is 13.1. The van der Waals surface area contributed by atoms with Crippen molar-refractivity contribution in [2.24, 2.45) is 11.1 Å². The Kier molecular flexibility index (Phi) is 6.45. The lowest BCUT2D eigenvalue weighted by Gasteiger charge is -2.42. The Balaban J connectivity index is 2.04. The largest absolute Gasteiger partial charge is 0.339 e. The zero-order valence-electron chi connectivity index (χ0n) is 16.6. The van der Waals surface area contributed by atoms with Gasteiger partial charge in [-0.2, -0.15) is 0 Å². The minimum absolute atomic E-state index is 0.117. The molecule has 1 aromatic carbocycles. The van der Waals surface area contributed by atoms with Gasteiger partial charge in [0.05, 0.1) is 10.8 Å². The van der Waals surface area contributed by atoms with Gasteiger partial charge in [0.25, 0.3) is 0 Å². The zero-order valence-corrected chi connectivity index (χ0v) is 16.6. The molecule has 1 fully saturated rings. The standard InChI is InChI=1S/C21H33N3O2/c1-5-21(6-2,16-22)19(26)24-14-12-23(13-15-24)18(25)20(3,4)17-10-8-7-9-11-17/h7-11H,5-6,12-16,22H2,1-4H3. The number of hydrogen-bond acceptors (Lipinski definition) is 3. The average molecular weight is 360 g/mol. The second-order valence-corrected chi connectivity index (χ2v) is 7.77. The van der Waals surface area contributed by atoms with Crippen LogP contribution in [0.1, 0.15) is 46.1 Å². The number of nitrogens with two attached hydrogens (primary N) is 1. The summed E-state index contributed by atoms with van der Waals surface area (Å²) in [6.45, 7) is 10.7. The molecule has 1 aliphatic heterocycles. The van der Waals surface area contributed by atoms with E-state index in [4.69, 9.17) is 5.73 Å². The van der Waals surface area contributed by atoms with Gasteiger partial charge in [-0.05, 0) is 32.3 Å². The third kappa shape index (κ3) is 3.78. The number of rotatable bonds is 6. The van der Waals surface area contributed by atoms with Gasteiger partial charge in [0, 0.05) is 32.7 Å². The summed E-state index contributed by atoms with van der Waals surface area (Å²) in [5, 5.41) is 0. The van der Waals surface area contributed by atoms with Crippen molar-refractivity contribution in [3.05, 3.63) is 35.9 Å². The summed E-state index contributed by atoms with van der Waals surface area (Å²) in [4.78, 5) is 29.8. The molecular formula is C21H33N3O2. The minimum Gasteiger partial charge on any atom is -0.339 e. The van der Waals surface area contributed by atoms with Crippen LogP contribution >= 0.6 is 0 Å². The smallest absolute Gasteiger partial charge is 0.232 e. The molecule has 26 heavy (non-hydrogen) atoms. The van der Waals surface area contributed by atoms with Crippen LogP contribution in [0.25, 0.3) is 0 Å². The molecule has 144 valence electrons. The summed E-state index contributed by atoms with van der Waals surface area (Å²) in [6.07, 6.45) is 1.50. The molecule has 0 saturated carbocycles. The van der Waals surface area contributed by atoms with Crippen molar-refractivity contribution in [1.82, 2.24) is 9.80 Å². The van der Waals surface area contributed by atoms with E-state index in [0.29, 0.717) is 32.7 Å². The van der Waals surface area contributed by atoms with Gasteiger partial charge in [-0.3, -0.25) is 9.59 Å². The Labute approximate surface area is 157 Å². The molecule has 0 radical (unpaired) electrons. The number of amides is 2. The molecule has 1 saturated heterocycles. The quantitative estimate of drug-likeness (QED) is 0.848. The highest BCUT2D eigenvalue weighted by molar-refractivity contribution is 5.88. The normalized spacial score (nSPS) is 15.9. The molecule has 0 atom stereocenters. The van der Waals surface area contributed by atoms with Crippen LogP contribution in [0.5, 0.6) is 0 Å². The summed E-state index contributed by atoms with van der Waals surface area (Å²) in [7, 11) is 0. The van der Waals surface area contributed by atoms with Gasteiger partial charge in [0.2, 0.25) is 11.8 Å². The van der Waals surface area contributed by atoms with E-state index >= 15 is 0 Å². The van der Waals surface area contributed by atoms with Gasteiger partial charge >= 0.3 is 0 Å². The SMILES string of the molecule is CCC(CC)(CN)C(=O)N1CCN(C(=O)C(C)(C)c2ccccc2)CC1. The predicted octanol–water partition coefficient (Wildman–Crippen LogP) is 2.40.